The second-order valence-electron chi connectivity index (χ2n) is 8.44. The predicted octanol–water partition coefficient (Wildman–Crippen LogP) is 7.87. The smallest absolute Gasteiger partial charge is 0.159 e. The normalized spacial score (nSPS) is 11.0. The third kappa shape index (κ3) is 8.29. The number of hydrogen-bond donors (Lipinski definition) is 0. The summed E-state index contributed by atoms with van der Waals surface area (Å²) in [6.07, 6.45) is 13.9. The van der Waals surface area contributed by atoms with Gasteiger partial charge in [0, 0.05) is 12.2 Å². The molecule has 2 aromatic carbocycles. The van der Waals surface area contributed by atoms with Crippen molar-refractivity contribution < 1.29 is 9.47 Å². The van der Waals surface area contributed by atoms with E-state index >= 15 is 0 Å². The quantitative estimate of drug-likeness (QED) is 0.223. The van der Waals surface area contributed by atoms with E-state index in [9.17, 15) is 0 Å². The van der Waals surface area contributed by atoms with Crippen molar-refractivity contribution in [2.24, 2.45) is 0 Å². The molecule has 1 aromatic heterocycles. The van der Waals surface area contributed by atoms with Crippen LogP contribution in [0.1, 0.15) is 70.8 Å². The van der Waals surface area contributed by atoms with Crippen LogP contribution in [0.2, 0.25) is 0 Å². The number of ether oxygens (including phenoxy) is 2. The van der Waals surface area contributed by atoms with Gasteiger partial charge in [-0.2, -0.15) is 0 Å². The molecule has 1 heterocycles. The summed E-state index contributed by atoms with van der Waals surface area (Å²) >= 11 is 0. The number of nitrogens with zero attached hydrogens (tertiary/aromatic N) is 2. The molecular formula is C29H38N2O2. The minimum atomic E-state index is 0.623. The highest BCUT2D eigenvalue weighted by atomic mass is 16.5. The Bertz CT molecular complexity index is 923. The van der Waals surface area contributed by atoms with Gasteiger partial charge in [0.2, 0.25) is 0 Å². The Morgan fingerprint density at radius 2 is 1.33 bits per heavy atom. The molecule has 0 saturated carbocycles. The fourth-order valence-electron chi connectivity index (χ4n) is 3.90. The molecule has 0 aliphatic rings. The molecule has 0 unspecified atom stereocenters. The average molecular weight is 447 g/mol. The molecule has 0 atom stereocenters. The zero-order valence-electron chi connectivity index (χ0n) is 20.3. The maximum Gasteiger partial charge on any atom is 0.159 e. The minimum absolute atomic E-state index is 0.623. The molecule has 0 N–H and O–H groups in total. The Balaban J connectivity index is 1.47. The summed E-state index contributed by atoms with van der Waals surface area (Å²) < 4.78 is 11.4. The highest BCUT2D eigenvalue weighted by Gasteiger charge is 2.07. The largest absolute Gasteiger partial charge is 0.490 e. The van der Waals surface area contributed by atoms with Crippen molar-refractivity contribution in [3.05, 3.63) is 66.5 Å². The third-order valence-electron chi connectivity index (χ3n) is 5.83. The lowest BCUT2D eigenvalue weighted by Gasteiger charge is -2.10. The van der Waals surface area contributed by atoms with E-state index in [0.29, 0.717) is 19.0 Å². The van der Waals surface area contributed by atoms with Gasteiger partial charge in [-0.3, -0.25) is 0 Å². The molecule has 0 radical (unpaired) electrons. The zero-order chi connectivity index (χ0) is 23.1. The van der Waals surface area contributed by atoms with Crippen molar-refractivity contribution in [3.63, 3.8) is 0 Å². The molecule has 0 spiro atoms. The van der Waals surface area contributed by atoms with Gasteiger partial charge in [0.05, 0.1) is 25.6 Å². The van der Waals surface area contributed by atoms with Gasteiger partial charge in [0.1, 0.15) is 0 Å². The molecule has 0 amide bonds. The fraction of sp³-hybridized carbons (Fsp3) is 0.448. The average Bonchev–Trinajstić information content (AvgIpc) is 2.87. The molecule has 0 fully saturated rings. The summed E-state index contributed by atoms with van der Waals surface area (Å²) in [4.78, 5) is 9.02. The zero-order valence-corrected chi connectivity index (χ0v) is 20.3. The molecule has 0 saturated heterocycles. The van der Waals surface area contributed by atoms with E-state index < -0.39 is 0 Å². The molecule has 3 aromatic rings. The van der Waals surface area contributed by atoms with E-state index in [1.54, 1.807) is 12.4 Å². The van der Waals surface area contributed by atoms with Crippen molar-refractivity contribution in [1.29, 1.82) is 0 Å². The topological polar surface area (TPSA) is 44.2 Å². The van der Waals surface area contributed by atoms with Gasteiger partial charge >= 0.3 is 0 Å². The Labute approximate surface area is 199 Å². The van der Waals surface area contributed by atoms with Crippen LogP contribution in [0, 0.1) is 0 Å². The van der Waals surface area contributed by atoms with E-state index in [-0.39, 0.29) is 0 Å². The Kier molecular flexibility index (Phi) is 10.9. The second kappa shape index (κ2) is 14.4. The first-order valence-corrected chi connectivity index (χ1v) is 12.5. The Hall–Kier alpha value is -2.72. The van der Waals surface area contributed by atoms with Crippen LogP contribution in [0.5, 0.6) is 5.75 Å². The monoisotopic (exact) mass is 446 g/mol. The minimum Gasteiger partial charge on any atom is -0.490 e. The first-order valence-electron chi connectivity index (χ1n) is 12.5. The third-order valence-corrected chi connectivity index (χ3v) is 5.83. The van der Waals surface area contributed by atoms with Crippen LogP contribution in [0.15, 0.2) is 60.9 Å². The molecule has 4 heteroatoms. The highest BCUT2D eigenvalue weighted by Crippen LogP contribution is 2.27. The maximum absolute atomic E-state index is 5.83. The summed E-state index contributed by atoms with van der Waals surface area (Å²) in [5, 5.41) is 0. The van der Waals surface area contributed by atoms with E-state index in [0.717, 1.165) is 24.3 Å². The van der Waals surface area contributed by atoms with Crippen molar-refractivity contribution >= 4 is 0 Å². The van der Waals surface area contributed by atoms with Crippen LogP contribution in [0.25, 0.3) is 22.5 Å². The number of aromatic nitrogens is 2. The lowest BCUT2D eigenvalue weighted by Crippen LogP contribution is -1.99. The van der Waals surface area contributed by atoms with Gasteiger partial charge in [0.25, 0.3) is 0 Å². The predicted molar refractivity (Wildman–Crippen MR) is 136 cm³/mol. The number of unbranched alkanes of at least 4 members (excludes halogenated alkanes) is 7. The first kappa shape index (κ1) is 24.9. The van der Waals surface area contributed by atoms with Crippen molar-refractivity contribution in [1.82, 2.24) is 9.97 Å². The van der Waals surface area contributed by atoms with Gasteiger partial charge < -0.3 is 9.47 Å². The Morgan fingerprint density at radius 1 is 0.697 bits per heavy atom. The van der Waals surface area contributed by atoms with E-state index in [1.807, 2.05) is 6.92 Å². The molecule has 0 aliphatic heterocycles. The van der Waals surface area contributed by atoms with Gasteiger partial charge in [-0.25, -0.2) is 9.97 Å². The van der Waals surface area contributed by atoms with Gasteiger partial charge in [-0.1, -0.05) is 100 Å². The van der Waals surface area contributed by atoms with Crippen LogP contribution in [-0.2, 0) is 11.3 Å². The van der Waals surface area contributed by atoms with Crippen LogP contribution in [0.3, 0.4) is 0 Å². The SMILES string of the molecule is CCCCCCCCCCOc1cnc(-c2ccc(-c3ccccc3COCC)cc2)nc1. The van der Waals surface area contributed by atoms with Crippen LogP contribution in [0.4, 0.5) is 0 Å². The summed E-state index contributed by atoms with van der Waals surface area (Å²) in [6, 6.07) is 16.8. The fourth-order valence-corrected chi connectivity index (χ4v) is 3.90. The number of hydrogen-bond acceptors (Lipinski definition) is 4. The van der Waals surface area contributed by atoms with Gasteiger partial charge in [-0.15, -0.1) is 0 Å². The molecule has 0 bridgehead atoms. The number of benzene rings is 2. The summed E-state index contributed by atoms with van der Waals surface area (Å²) in [5.41, 5.74) is 4.56. The molecular weight excluding hydrogens is 408 g/mol. The molecule has 33 heavy (non-hydrogen) atoms. The van der Waals surface area contributed by atoms with Gasteiger partial charge in [0.15, 0.2) is 11.6 Å². The lowest BCUT2D eigenvalue weighted by atomic mass is 9.99. The van der Waals surface area contributed by atoms with Crippen molar-refractivity contribution in [2.75, 3.05) is 13.2 Å². The van der Waals surface area contributed by atoms with E-state index in [1.165, 1.54) is 61.6 Å². The molecule has 4 nitrogen and oxygen atoms in total. The number of rotatable bonds is 15. The lowest BCUT2D eigenvalue weighted by molar-refractivity contribution is 0.134. The standard InChI is InChI=1S/C29H38N2O2/c1-3-5-6-7-8-9-10-13-20-33-27-21-30-29(31-22-27)25-18-16-24(17-19-25)28-15-12-11-14-26(28)23-32-4-2/h11-12,14-19,21-22H,3-10,13,20,23H2,1-2H3. The maximum atomic E-state index is 5.83. The van der Waals surface area contributed by atoms with Crippen molar-refractivity contribution in [2.45, 2.75) is 71.8 Å². The summed E-state index contributed by atoms with van der Waals surface area (Å²) in [7, 11) is 0. The molecule has 176 valence electrons. The second-order valence-corrected chi connectivity index (χ2v) is 8.44. The van der Waals surface area contributed by atoms with Crippen molar-refractivity contribution in [3.8, 4) is 28.3 Å². The van der Waals surface area contributed by atoms with Gasteiger partial charge in [-0.05, 0) is 30.0 Å². The van der Waals surface area contributed by atoms with E-state index in [2.05, 4.69) is 65.4 Å². The van der Waals surface area contributed by atoms with E-state index in [4.69, 9.17) is 9.47 Å². The molecule has 0 aliphatic carbocycles. The summed E-state index contributed by atoms with van der Waals surface area (Å²) in [5.74, 6) is 1.45. The highest BCUT2D eigenvalue weighted by molar-refractivity contribution is 5.70. The van der Waals surface area contributed by atoms with Crippen LogP contribution < -0.4 is 4.74 Å². The summed E-state index contributed by atoms with van der Waals surface area (Å²) in [6.45, 7) is 6.34. The molecule has 3 rings (SSSR count). The van der Waals surface area contributed by atoms with Crippen LogP contribution >= 0.6 is 0 Å². The van der Waals surface area contributed by atoms with Crippen LogP contribution in [-0.4, -0.2) is 23.2 Å². The first-order chi connectivity index (χ1) is 16.3. The Morgan fingerprint density at radius 3 is 2.03 bits per heavy atom.